The lowest BCUT2D eigenvalue weighted by atomic mass is 9.91. The zero-order chi connectivity index (χ0) is 18.4. The second-order valence-electron chi connectivity index (χ2n) is 5.56. The van der Waals surface area contributed by atoms with Crippen LogP contribution in [0.1, 0.15) is 25.0 Å². The van der Waals surface area contributed by atoms with Crippen LogP contribution >= 0.6 is 0 Å². The van der Waals surface area contributed by atoms with E-state index in [2.05, 4.69) is 5.32 Å². The maximum Gasteiger partial charge on any atom is 0.332 e. The van der Waals surface area contributed by atoms with Crippen LogP contribution in [0, 0.1) is 11.3 Å². The van der Waals surface area contributed by atoms with E-state index in [0.717, 1.165) is 4.90 Å². The maximum absolute atomic E-state index is 12.7. The number of nitriles is 1. The summed E-state index contributed by atoms with van der Waals surface area (Å²) < 4.78 is 9.85. The Kier molecular flexibility index (Phi) is 5.72. The normalized spacial score (nSPS) is 19.5. The highest BCUT2D eigenvalue weighted by Crippen LogP contribution is 2.28. The van der Waals surface area contributed by atoms with Crippen LogP contribution in [0.3, 0.4) is 0 Å². The fourth-order valence-corrected chi connectivity index (χ4v) is 2.49. The highest BCUT2D eigenvalue weighted by atomic mass is 16.6. The lowest BCUT2D eigenvalue weighted by Crippen LogP contribution is -2.41. The molecule has 1 atom stereocenters. The van der Waals surface area contributed by atoms with Crippen LogP contribution in [-0.2, 0) is 24.6 Å². The molecule has 1 saturated heterocycles. The first-order valence-electron chi connectivity index (χ1n) is 7.80. The first-order valence-corrected chi connectivity index (χ1v) is 7.80. The van der Waals surface area contributed by atoms with Gasteiger partial charge in [-0.05, 0) is 31.5 Å². The van der Waals surface area contributed by atoms with Gasteiger partial charge < -0.3 is 14.8 Å². The van der Waals surface area contributed by atoms with Crippen LogP contribution in [-0.4, -0.2) is 49.2 Å². The van der Waals surface area contributed by atoms with E-state index in [4.69, 9.17) is 14.7 Å². The molecule has 0 spiro atoms. The van der Waals surface area contributed by atoms with Crippen LogP contribution in [0.5, 0.6) is 0 Å². The molecule has 0 saturated carbocycles. The zero-order valence-corrected chi connectivity index (χ0v) is 14.1. The molecule has 1 aliphatic rings. The molecule has 1 N–H and O–H groups in total. The molecule has 1 heterocycles. The summed E-state index contributed by atoms with van der Waals surface area (Å²) in [6.45, 7) is 3.38. The fourth-order valence-electron chi connectivity index (χ4n) is 2.49. The summed E-state index contributed by atoms with van der Waals surface area (Å²) in [4.78, 5) is 37.0. The molecule has 2 rings (SSSR count). The van der Waals surface area contributed by atoms with Gasteiger partial charge in [-0.3, -0.25) is 9.69 Å². The predicted octanol–water partition coefficient (Wildman–Crippen LogP) is 0.905. The first kappa shape index (κ1) is 18.4. The van der Waals surface area contributed by atoms with Crippen molar-refractivity contribution in [1.82, 2.24) is 10.2 Å². The van der Waals surface area contributed by atoms with Gasteiger partial charge in [0.05, 0.1) is 31.4 Å². The minimum absolute atomic E-state index is 0.0238. The van der Waals surface area contributed by atoms with Gasteiger partial charge in [0, 0.05) is 0 Å². The molecule has 132 valence electrons. The van der Waals surface area contributed by atoms with Crippen LogP contribution in [0.2, 0.25) is 0 Å². The third-order valence-electron chi connectivity index (χ3n) is 3.85. The van der Waals surface area contributed by atoms with E-state index in [-0.39, 0.29) is 26.4 Å². The molecule has 0 unspecified atom stereocenters. The van der Waals surface area contributed by atoms with E-state index in [9.17, 15) is 14.4 Å². The number of rotatable bonds is 7. The summed E-state index contributed by atoms with van der Waals surface area (Å²) in [6, 6.07) is 7.92. The number of nitrogens with zero attached hydrogens (tertiary/aromatic N) is 2. The molecular formula is C17H19N3O5. The topological polar surface area (TPSA) is 109 Å². The summed E-state index contributed by atoms with van der Waals surface area (Å²) in [5.74, 6) is -0.913. The zero-order valence-electron chi connectivity index (χ0n) is 14.1. The quantitative estimate of drug-likeness (QED) is 0.447. The number of carbonyl (C=O) groups is 3. The third-order valence-corrected chi connectivity index (χ3v) is 3.85. The van der Waals surface area contributed by atoms with E-state index in [1.54, 1.807) is 38.1 Å². The van der Waals surface area contributed by atoms with Crippen molar-refractivity contribution in [1.29, 1.82) is 5.26 Å². The van der Waals surface area contributed by atoms with E-state index < -0.39 is 23.4 Å². The Bertz CT molecular complexity index is 710. The minimum Gasteiger partial charge on any atom is -0.464 e. The number of carbonyl (C=O) groups excluding carboxylic acids is 3. The molecule has 3 amide bonds. The minimum atomic E-state index is -1.20. The number of esters is 1. The molecule has 25 heavy (non-hydrogen) atoms. The average molecular weight is 345 g/mol. The number of ether oxygens (including phenoxy) is 2. The Labute approximate surface area is 145 Å². The highest BCUT2D eigenvalue weighted by Gasteiger charge is 2.48. The van der Waals surface area contributed by atoms with Crippen molar-refractivity contribution in [2.45, 2.75) is 19.4 Å². The molecule has 0 bridgehead atoms. The van der Waals surface area contributed by atoms with Gasteiger partial charge in [0.25, 0.3) is 5.91 Å². The summed E-state index contributed by atoms with van der Waals surface area (Å²) >= 11 is 0. The fraction of sp³-hybridized carbons (Fsp3) is 0.412. The van der Waals surface area contributed by atoms with Gasteiger partial charge >= 0.3 is 12.0 Å². The van der Waals surface area contributed by atoms with Gasteiger partial charge in [-0.2, -0.15) is 5.26 Å². The largest absolute Gasteiger partial charge is 0.464 e. The number of nitrogens with one attached hydrogen (secondary N) is 1. The molecule has 0 aliphatic carbocycles. The Morgan fingerprint density at radius 2 is 2.00 bits per heavy atom. The number of amides is 3. The molecule has 1 fully saturated rings. The number of benzene rings is 1. The van der Waals surface area contributed by atoms with Gasteiger partial charge in [0.15, 0.2) is 0 Å². The first-order chi connectivity index (χ1) is 11.9. The van der Waals surface area contributed by atoms with E-state index >= 15 is 0 Å². The summed E-state index contributed by atoms with van der Waals surface area (Å²) in [7, 11) is 0. The van der Waals surface area contributed by atoms with Gasteiger partial charge in [0.1, 0.15) is 12.1 Å². The third kappa shape index (κ3) is 3.95. The predicted molar refractivity (Wildman–Crippen MR) is 86.2 cm³/mol. The molecule has 1 aromatic carbocycles. The monoisotopic (exact) mass is 345 g/mol. The van der Waals surface area contributed by atoms with Crippen LogP contribution in [0.4, 0.5) is 4.79 Å². The summed E-state index contributed by atoms with van der Waals surface area (Å²) in [5, 5.41) is 11.5. The lowest BCUT2D eigenvalue weighted by Gasteiger charge is -2.22. The smallest absolute Gasteiger partial charge is 0.332 e. The van der Waals surface area contributed by atoms with E-state index in [1.165, 1.54) is 0 Å². The second kappa shape index (κ2) is 7.77. The van der Waals surface area contributed by atoms with Crippen molar-refractivity contribution in [3.63, 3.8) is 0 Å². The van der Waals surface area contributed by atoms with Gasteiger partial charge in [0.2, 0.25) is 0 Å². The van der Waals surface area contributed by atoms with Gasteiger partial charge in [-0.15, -0.1) is 0 Å². The second-order valence-corrected chi connectivity index (χ2v) is 5.56. The van der Waals surface area contributed by atoms with Crippen LogP contribution in [0.15, 0.2) is 24.3 Å². The van der Waals surface area contributed by atoms with Crippen molar-refractivity contribution >= 4 is 17.9 Å². The molecule has 8 nitrogen and oxygen atoms in total. The van der Waals surface area contributed by atoms with Gasteiger partial charge in [-0.1, -0.05) is 12.1 Å². The average Bonchev–Trinajstić information content (AvgIpc) is 2.82. The summed E-state index contributed by atoms with van der Waals surface area (Å²) in [5.41, 5.74) is -0.153. The molecule has 0 aromatic heterocycles. The van der Waals surface area contributed by atoms with Crippen LogP contribution < -0.4 is 5.32 Å². The molecule has 1 aromatic rings. The number of hydrogen-bond donors (Lipinski definition) is 1. The Morgan fingerprint density at radius 1 is 1.32 bits per heavy atom. The standard InChI is InChI=1S/C17H19N3O5/c1-3-25-14(21)11-24-9-8-20-15(22)17(2,19-16(20)23)13-6-4-12(10-18)5-7-13/h4-7H,3,8-9,11H2,1-2H3,(H,19,23)/t17-/m1/s1. The summed E-state index contributed by atoms with van der Waals surface area (Å²) in [6.07, 6.45) is 0. The van der Waals surface area contributed by atoms with Crippen molar-refractivity contribution in [3.05, 3.63) is 35.4 Å². The number of imide groups is 1. The number of hydrogen-bond acceptors (Lipinski definition) is 6. The Hall–Kier alpha value is -2.92. The van der Waals surface area contributed by atoms with Crippen molar-refractivity contribution in [3.8, 4) is 6.07 Å². The van der Waals surface area contributed by atoms with Gasteiger partial charge in [-0.25, -0.2) is 9.59 Å². The molecule has 8 heteroatoms. The number of urea groups is 1. The lowest BCUT2D eigenvalue weighted by molar-refractivity contribution is -0.148. The molecular weight excluding hydrogens is 326 g/mol. The Morgan fingerprint density at radius 3 is 2.60 bits per heavy atom. The van der Waals surface area contributed by atoms with E-state index in [0.29, 0.717) is 11.1 Å². The van der Waals surface area contributed by atoms with Crippen molar-refractivity contribution < 1.29 is 23.9 Å². The van der Waals surface area contributed by atoms with Crippen molar-refractivity contribution in [2.75, 3.05) is 26.4 Å². The maximum atomic E-state index is 12.7. The van der Waals surface area contributed by atoms with Crippen LogP contribution in [0.25, 0.3) is 0 Å². The SMILES string of the molecule is CCOC(=O)COCCN1C(=O)N[C@](C)(c2ccc(C#N)cc2)C1=O. The van der Waals surface area contributed by atoms with Crippen molar-refractivity contribution in [2.24, 2.45) is 0 Å². The molecule has 1 aliphatic heterocycles. The Balaban J connectivity index is 1.98. The molecule has 0 radical (unpaired) electrons. The highest BCUT2D eigenvalue weighted by molar-refractivity contribution is 6.07. The van der Waals surface area contributed by atoms with E-state index in [1.807, 2.05) is 6.07 Å².